The molecule has 0 amide bonds. The Bertz CT molecular complexity index is 588. The number of halogens is 2. The molecule has 4 heteroatoms. The first-order valence-corrected chi connectivity index (χ1v) is 7.32. The average molecular weight is 338 g/mol. The summed E-state index contributed by atoms with van der Waals surface area (Å²) >= 11 is 3.37. The number of nitrogens with two attached hydrogens (primary N) is 1. The van der Waals surface area contributed by atoms with E-state index >= 15 is 0 Å². The molecule has 0 saturated carbocycles. The number of ether oxygens (including phenoxy) is 1. The maximum Gasteiger partial charge on any atom is 0.124 e. The normalized spacial score (nSPS) is 12.2. The van der Waals surface area contributed by atoms with Crippen LogP contribution in [-0.2, 0) is 6.42 Å². The maximum absolute atomic E-state index is 13.1. The van der Waals surface area contributed by atoms with Crippen molar-refractivity contribution in [2.24, 2.45) is 5.73 Å². The van der Waals surface area contributed by atoms with Crippen LogP contribution in [-0.4, -0.2) is 6.61 Å². The van der Waals surface area contributed by atoms with Crippen molar-refractivity contribution in [1.82, 2.24) is 0 Å². The van der Waals surface area contributed by atoms with E-state index in [0.717, 1.165) is 21.3 Å². The fourth-order valence-corrected chi connectivity index (χ4v) is 2.62. The van der Waals surface area contributed by atoms with Gasteiger partial charge in [-0.05, 0) is 37.1 Å². The molecular formula is C16H17BrFNO. The van der Waals surface area contributed by atoms with Gasteiger partial charge in [-0.25, -0.2) is 4.39 Å². The molecule has 0 spiro atoms. The molecule has 0 aliphatic carbocycles. The van der Waals surface area contributed by atoms with Crippen LogP contribution in [0.1, 0.15) is 24.1 Å². The Morgan fingerprint density at radius 3 is 2.70 bits per heavy atom. The van der Waals surface area contributed by atoms with E-state index < -0.39 is 0 Å². The van der Waals surface area contributed by atoms with Crippen molar-refractivity contribution in [1.29, 1.82) is 0 Å². The van der Waals surface area contributed by atoms with Crippen molar-refractivity contribution in [2.45, 2.75) is 19.4 Å². The van der Waals surface area contributed by atoms with Crippen LogP contribution in [0.5, 0.6) is 5.75 Å². The third-order valence-electron chi connectivity index (χ3n) is 3.07. The molecule has 2 N–H and O–H groups in total. The quantitative estimate of drug-likeness (QED) is 0.886. The molecule has 2 aromatic carbocycles. The second-order valence-electron chi connectivity index (χ2n) is 4.52. The van der Waals surface area contributed by atoms with Crippen molar-refractivity contribution < 1.29 is 9.13 Å². The van der Waals surface area contributed by atoms with Crippen LogP contribution in [0.3, 0.4) is 0 Å². The van der Waals surface area contributed by atoms with E-state index in [1.54, 1.807) is 6.07 Å². The zero-order valence-electron chi connectivity index (χ0n) is 11.3. The maximum atomic E-state index is 13.1. The highest BCUT2D eigenvalue weighted by Crippen LogP contribution is 2.28. The summed E-state index contributed by atoms with van der Waals surface area (Å²) in [6.45, 7) is 2.54. The van der Waals surface area contributed by atoms with Crippen LogP contribution in [0.25, 0.3) is 0 Å². The van der Waals surface area contributed by atoms with Gasteiger partial charge in [0.15, 0.2) is 0 Å². The van der Waals surface area contributed by atoms with Crippen molar-refractivity contribution in [3.63, 3.8) is 0 Å². The Labute approximate surface area is 126 Å². The Kier molecular flexibility index (Phi) is 5.15. The molecule has 0 aliphatic rings. The number of hydrogen-bond acceptors (Lipinski definition) is 2. The molecule has 2 aromatic rings. The molecule has 2 nitrogen and oxygen atoms in total. The monoisotopic (exact) mass is 337 g/mol. The van der Waals surface area contributed by atoms with E-state index in [2.05, 4.69) is 15.9 Å². The summed E-state index contributed by atoms with van der Waals surface area (Å²) in [5, 5.41) is 0. The fourth-order valence-electron chi connectivity index (χ4n) is 2.11. The van der Waals surface area contributed by atoms with Gasteiger partial charge in [-0.2, -0.15) is 0 Å². The summed E-state index contributed by atoms with van der Waals surface area (Å²) < 4.78 is 19.4. The van der Waals surface area contributed by atoms with E-state index in [9.17, 15) is 4.39 Å². The van der Waals surface area contributed by atoms with Crippen LogP contribution < -0.4 is 10.5 Å². The lowest BCUT2D eigenvalue weighted by molar-refractivity contribution is 0.334. The van der Waals surface area contributed by atoms with Crippen molar-refractivity contribution in [2.75, 3.05) is 6.61 Å². The second-order valence-corrected chi connectivity index (χ2v) is 5.37. The van der Waals surface area contributed by atoms with Gasteiger partial charge in [0.1, 0.15) is 11.6 Å². The third kappa shape index (κ3) is 3.58. The zero-order chi connectivity index (χ0) is 14.5. The van der Waals surface area contributed by atoms with E-state index in [1.807, 2.05) is 31.2 Å². The summed E-state index contributed by atoms with van der Waals surface area (Å²) in [6.07, 6.45) is 0.616. The molecule has 0 aliphatic heterocycles. The number of para-hydroxylation sites is 1. The lowest BCUT2D eigenvalue weighted by atomic mass is 9.99. The first kappa shape index (κ1) is 15.0. The van der Waals surface area contributed by atoms with Gasteiger partial charge < -0.3 is 10.5 Å². The van der Waals surface area contributed by atoms with Crippen molar-refractivity contribution in [3.05, 3.63) is 63.9 Å². The van der Waals surface area contributed by atoms with Gasteiger partial charge in [-0.15, -0.1) is 0 Å². The lowest BCUT2D eigenvalue weighted by Gasteiger charge is -2.17. The molecule has 0 saturated heterocycles. The molecule has 106 valence electrons. The van der Waals surface area contributed by atoms with Crippen molar-refractivity contribution >= 4 is 15.9 Å². The van der Waals surface area contributed by atoms with Gasteiger partial charge in [-0.1, -0.05) is 40.2 Å². The van der Waals surface area contributed by atoms with Crippen LogP contribution in [0, 0.1) is 5.82 Å². The van der Waals surface area contributed by atoms with E-state index in [-0.39, 0.29) is 11.9 Å². The van der Waals surface area contributed by atoms with Gasteiger partial charge in [-0.3, -0.25) is 0 Å². The first-order chi connectivity index (χ1) is 9.61. The zero-order valence-corrected chi connectivity index (χ0v) is 12.9. The predicted molar refractivity (Wildman–Crippen MR) is 82.3 cm³/mol. The lowest BCUT2D eigenvalue weighted by Crippen LogP contribution is -2.15. The van der Waals surface area contributed by atoms with E-state index in [1.165, 1.54) is 12.1 Å². The number of rotatable bonds is 5. The average Bonchev–Trinajstić information content (AvgIpc) is 2.43. The highest BCUT2D eigenvalue weighted by molar-refractivity contribution is 9.10. The Hall–Kier alpha value is -1.39. The smallest absolute Gasteiger partial charge is 0.124 e. The molecule has 0 heterocycles. The predicted octanol–water partition coefficient (Wildman–Crippen LogP) is 4.23. The van der Waals surface area contributed by atoms with Crippen LogP contribution in [0.4, 0.5) is 4.39 Å². The molecule has 1 atom stereocenters. The van der Waals surface area contributed by atoms with Gasteiger partial charge in [0.05, 0.1) is 6.61 Å². The molecule has 1 unspecified atom stereocenters. The largest absolute Gasteiger partial charge is 0.494 e. The van der Waals surface area contributed by atoms with Gasteiger partial charge in [0, 0.05) is 16.1 Å². The van der Waals surface area contributed by atoms with E-state index in [0.29, 0.717) is 13.0 Å². The highest BCUT2D eigenvalue weighted by atomic mass is 79.9. The molecular weight excluding hydrogens is 321 g/mol. The number of benzene rings is 2. The van der Waals surface area contributed by atoms with Crippen LogP contribution in [0.15, 0.2) is 46.9 Å². The molecule has 0 radical (unpaired) electrons. The topological polar surface area (TPSA) is 35.2 Å². The summed E-state index contributed by atoms with van der Waals surface area (Å²) in [5.41, 5.74) is 8.21. The van der Waals surface area contributed by atoms with Gasteiger partial charge >= 0.3 is 0 Å². The standard InChI is InChI=1S/C16H17BrFNO/c1-2-20-16-6-4-3-5-13(16)15(19)9-11-7-8-12(18)10-14(11)17/h3-8,10,15H,2,9,19H2,1H3. The van der Waals surface area contributed by atoms with Gasteiger partial charge in [0.2, 0.25) is 0 Å². The minimum atomic E-state index is -0.260. The summed E-state index contributed by atoms with van der Waals surface area (Å²) in [7, 11) is 0. The summed E-state index contributed by atoms with van der Waals surface area (Å²) in [6, 6.07) is 12.2. The fraction of sp³-hybridized carbons (Fsp3) is 0.250. The third-order valence-corrected chi connectivity index (χ3v) is 3.81. The molecule has 0 aromatic heterocycles. The minimum Gasteiger partial charge on any atom is -0.494 e. The molecule has 0 bridgehead atoms. The van der Waals surface area contributed by atoms with Crippen LogP contribution >= 0.6 is 15.9 Å². The molecule has 20 heavy (non-hydrogen) atoms. The summed E-state index contributed by atoms with van der Waals surface area (Å²) in [5.74, 6) is 0.546. The Morgan fingerprint density at radius 1 is 1.25 bits per heavy atom. The minimum absolute atomic E-state index is 0.195. The summed E-state index contributed by atoms with van der Waals surface area (Å²) in [4.78, 5) is 0. The molecule has 2 rings (SSSR count). The first-order valence-electron chi connectivity index (χ1n) is 6.53. The van der Waals surface area contributed by atoms with E-state index in [4.69, 9.17) is 10.5 Å². The second kappa shape index (κ2) is 6.86. The van der Waals surface area contributed by atoms with Gasteiger partial charge in [0.25, 0.3) is 0 Å². The SMILES string of the molecule is CCOc1ccccc1C(N)Cc1ccc(F)cc1Br. The Morgan fingerprint density at radius 2 is 2.00 bits per heavy atom. The van der Waals surface area contributed by atoms with Crippen molar-refractivity contribution in [3.8, 4) is 5.75 Å². The molecule has 0 fully saturated rings. The number of hydrogen-bond donors (Lipinski definition) is 1. The Balaban J connectivity index is 2.21. The highest BCUT2D eigenvalue weighted by Gasteiger charge is 2.14. The van der Waals surface area contributed by atoms with Crippen LogP contribution in [0.2, 0.25) is 0 Å².